The minimum absolute atomic E-state index is 0.0741. The van der Waals surface area contributed by atoms with Crippen molar-refractivity contribution in [1.29, 1.82) is 0 Å². The molecule has 0 saturated heterocycles. The summed E-state index contributed by atoms with van der Waals surface area (Å²) in [5.41, 5.74) is 0.537. The highest BCUT2D eigenvalue weighted by Gasteiger charge is 2.07. The van der Waals surface area contributed by atoms with Crippen LogP contribution < -0.4 is 0 Å². The predicted molar refractivity (Wildman–Crippen MR) is 40.2 cm³/mol. The molecule has 0 saturated carbocycles. The van der Waals surface area contributed by atoms with Crippen LogP contribution in [-0.2, 0) is 6.42 Å². The molecule has 0 aliphatic rings. The number of hydrogen-bond donors (Lipinski definition) is 0. The Morgan fingerprint density at radius 2 is 2.00 bits per heavy atom. The van der Waals surface area contributed by atoms with Gasteiger partial charge in [-0.05, 0) is 31.9 Å². The number of aryl methyl sites for hydroxylation is 1. The summed E-state index contributed by atoms with van der Waals surface area (Å²) in [5, 5.41) is 0. The fraction of sp³-hybridized carbons (Fsp3) is 0.222. The van der Waals surface area contributed by atoms with Crippen molar-refractivity contribution in [2.45, 2.75) is 13.3 Å². The van der Waals surface area contributed by atoms with Crippen LogP contribution >= 0.6 is 0 Å². The SMILES string of the molecule is [CH2]Cc1c(F)ccc(C)c1F. The lowest BCUT2D eigenvalue weighted by molar-refractivity contribution is 0.556. The van der Waals surface area contributed by atoms with Gasteiger partial charge in [0.2, 0.25) is 0 Å². The fourth-order valence-electron chi connectivity index (χ4n) is 0.944. The fourth-order valence-corrected chi connectivity index (χ4v) is 0.944. The molecule has 1 rings (SSSR count). The van der Waals surface area contributed by atoms with E-state index in [1.165, 1.54) is 12.1 Å². The van der Waals surface area contributed by atoms with Crippen LogP contribution in [0.4, 0.5) is 8.78 Å². The first kappa shape index (κ1) is 8.18. The molecule has 1 aromatic rings. The lowest BCUT2D eigenvalue weighted by Gasteiger charge is -2.03. The van der Waals surface area contributed by atoms with Gasteiger partial charge in [0.15, 0.2) is 0 Å². The summed E-state index contributed by atoms with van der Waals surface area (Å²) in [6.07, 6.45) is 0.152. The molecule has 0 N–H and O–H groups in total. The average molecular weight is 155 g/mol. The molecule has 0 amide bonds. The lowest BCUT2D eigenvalue weighted by Crippen LogP contribution is -1.95. The van der Waals surface area contributed by atoms with Gasteiger partial charge in [-0.2, -0.15) is 0 Å². The summed E-state index contributed by atoms with van der Waals surface area (Å²) in [7, 11) is 0. The molecule has 0 atom stereocenters. The molecule has 0 unspecified atom stereocenters. The molecule has 59 valence electrons. The van der Waals surface area contributed by atoms with E-state index in [9.17, 15) is 8.78 Å². The molecule has 0 fully saturated rings. The number of benzene rings is 1. The van der Waals surface area contributed by atoms with E-state index in [2.05, 4.69) is 6.92 Å². The zero-order valence-corrected chi connectivity index (χ0v) is 6.32. The normalized spacial score (nSPS) is 10.2. The summed E-state index contributed by atoms with van der Waals surface area (Å²) < 4.78 is 25.7. The van der Waals surface area contributed by atoms with E-state index in [4.69, 9.17) is 0 Å². The van der Waals surface area contributed by atoms with Crippen molar-refractivity contribution in [1.82, 2.24) is 0 Å². The molecule has 2 heteroatoms. The molecule has 0 nitrogen and oxygen atoms in total. The van der Waals surface area contributed by atoms with Crippen molar-refractivity contribution in [3.8, 4) is 0 Å². The zero-order valence-electron chi connectivity index (χ0n) is 6.32. The van der Waals surface area contributed by atoms with Gasteiger partial charge in [0.25, 0.3) is 0 Å². The zero-order chi connectivity index (χ0) is 8.43. The van der Waals surface area contributed by atoms with Gasteiger partial charge in [0.05, 0.1) is 0 Å². The van der Waals surface area contributed by atoms with E-state index in [1.54, 1.807) is 6.92 Å². The van der Waals surface area contributed by atoms with E-state index in [0.29, 0.717) is 5.56 Å². The molecular formula is C9H9F2. The van der Waals surface area contributed by atoms with Gasteiger partial charge in [-0.15, -0.1) is 0 Å². The molecule has 1 radical (unpaired) electrons. The van der Waals surface area contributed by atoms with Crippen molar-refractivity contribution >= 4 is 0 Å². The highest BCUT2D eigenvalue weighted by atomic mass is 19.1. The number of halogens is 2. The summed E-state index contributed by atoms with van der Waals surface area (Å²) in [5.74, 6) is -0.983. The van der Waals surface area contributed by atoms with Crippen LogP contribution in [0.2, 0.25) is 0 Å². The molecular weight excluding hydrogens is 146 g/mol. The monoisotopic (exact) mass is 155 g/mol. The van der Waals surface area contributed by atoms with Crippen LogP contribution in [0.3, 0.4) is 0 Å². The third-order valence-corrected chi connectivity index (χ3v) is 1.63. The van der Waals surface area contributed by atoms with Crippen molar-refractivity contribution in [3.63, 3.8) is 0 Å². The quantitative estimate of drug-likeness (QED) is 0.584. The van der Waals surface area contributed by atoms with E-state index < -0.39 is 11.6 Å². The number of rotatable bonds is 1. The molecule has 0 heterocycles. The minimum atomic E-state index is -0.511. The van der Waals surface area contributed by atoms with E-state index in [0.717, 1.165) is 0 Å². The Balaban J connectivity index is 3.29. The first-order chi connectivity index (χ1) is 5.16. The van der Waals surface area contributed by atoms with E-state index >= 15 is 0 Å². The third kappa shape index (κ3) is 1.39. The lowest BCUT2D eigenvalue weighted by atomic mass is 10.1. The second-order valence-electron chi connectivity index (χ2n) is 2.41. The third-order valence-electron chi connectivity index (χ3n) is 1.63. The average Bonchev–Trinajstić information content (AvgIpc) is 1.99. The van der Waals surface area contributed by atoms with Crippen LogP contribution in [0.25, 0.3) is 0 Å². The second-order valence-corrected chi connectivity index (χ2v) is 2.41. The van der Waals surface area contributed by atoms with Gasteiger partial charge >= 0.3 is 0 Å². The standard InChI is InChI=1S/C9H9F2/c1-3-7-8(10)5-4-6(2)9(7)11/h4-5H,1,3H2,2H3. The summed E-state index contributed by atoms with van der Waals surface area (Å²) in [6.45, 7) is 5.04. The van der Waals surface area contributed by atoms with Gasteiger partial charge in [0.1, 0.15) is 11.6 Å². The van der Waals surface area contributed by atoms with Gasteiger partial charge in [0, 0.05) is 5.56 Å². The molecule has 0 spiro atoms. The minimum Gasteiger partial charge on any atom is -0.207 e. The van der Waals surface area contributed by atoms with E-state index in [1.807, 2.05) is 0 Å². The summed E-state index contributed by atoms with van der Waals surface area (Å²) in [4.78, 5) is 0. The van der Waals surface area contributed by atoms with Crippen molar-refractivity contribution in [2.75, 3.05) is 0 Å². The highest BCUT2D eigenvalue weighted by molar-refractivity contribution is 5.26. The maximum atomic E-state index is 13.0. The summed E-state index contributed by atoms with van der Waals surface area (Å²) >= 11 is 0. The molecule has 0 bridgehead atoms. The number of hydrogen-bond acceptors (Lipinski definition) is 0. The molecule has 0 aromatic heterocycles. The van der Waals surface area contributed by atoms with Crippen molar-refractivity contribution in [2.24, 2.45) is 0 Å². The molecule has 0 aliphatic heterocycles. The Bertz CT molecular complexity index is 267. The highest BCUT2D eigenvalue weighted by Crippen LogP contribution is 2.15. The van der Waals surface area contributed by atoms with Crippen LogP contribution in [-0.4, -0.2) is 0 Å². The van der Waals surface area contributed by atoms with Crippen LogP contribution in [0.5, 0.6) is 0 Å². The Labute approximate surface area is 64.9 Å². The Morgan fingerprint density at radius 1 is 1.36 bits per heavy atom. The van der Waals surface area contributed by atoms with Gasteiger partial charge in [-0.25, -0.2) is 8.78 Å². The molecule has 11 heavy (non-hydrogen) atoms. The molecule has 1 aromatic carbocycles. The predicted octanol–water partition coefficient (Wildman–Crippen LogP) is 2.65. The van der Waals surface area contributed by atoms with Crippen LogP contribution in [0, 0.1) is 25.5 Å². The first-order valence-corrected chi connectivity index (χ1v) is 3.39. The first-order valence-electron chi connectivity index (χ1n) is 3.39. The van der Waals surface area contributed by atoms with Crippen LogP contribution in [0.15, 0.2) is 12.1 Å². The van der Waals surface area contributed by atoms with Gasteiger partial charge in [-0.3, -0.25) is 0 Å². The van der Waals surface area contributed by atoms with Crippen molar-refractivity contribution < 1.29 is 8.78 Å². The largest absolute Gasteiger partial charge is 0.207 e. The van der Waals surface area contributed by atoms with Gasteiger partial charge in [-0.1, -0.05) is 6.07 Å². The van der Waals surface area contributed by atoms with E-state index in [-0.39, 0.29) is 12.0 Å². The Kier molecular flexibility index (Phi) is 2.22. The van der Waals surface area contributed by atoms with Gasteiger partial charge < -0.3 is 0 Å². The Hall–Kier alpha value is -0.920. The van der Waals surface area contributed by atoms with Crippen LogP contribution in [0.1, 0.15) is 11.1 Å². The maximum Gasteiger partial charge on any atom is 0.132 e. The van der Waals surface area contributed by atoms with Crippen molar-refractivity contribution in [3.05, 3.63) is 41.8 Å². The maximum absolute atomic E-state index is 13.0. The smallest absolute Gasteiger partial charge is 0.132 e. The second kappa shape index (κ2) is 2.99. The summed E-state index contributed by atoms with van der Waals surface area (Å²) in [6, 6.07) is 2.68. The molecule has 0 aliphatic carbocycles. The Morgan fingerprint density at radius 3 is 2.45 bits per heavy atom. The topological polar surface area (TPSA) is 0 Å².